The van der Waals surface area contributed by atoms with E-state index in [0.29, 0.717) is 0 Å². The summed E-state index contributed by atoms with van der Waals surface area (Å²) in [6.45, 7) is 40.8. The van der Waals surface area contributed by atoms with Crippen molar-refractivity contribution in [1.82, 2.24) is 0 Å². The molecule has 77 heavy (non-hydrogen) atoms. The third-order valence-corrected chi connectivity index (χ3v) is 20.0. The van der Waals surface area contributed by atoms with E-state index in [1.165, 1.54) is 112 Å². The van der Waals surface area contributed by atoms with Gasteiger partial charge in [-0.1, -0.05) is 178 Å². The van der Waals surface area contributed by atoms with Gasteiger partial charge in [0.05, 0.1) is 11.4 Å². The van der Waals surface area contributed by atoms with Gasteiger partial charge in [0.15, 0.2) is 0 Å². The number of benzene rings is 7. The van der Waals surface area contributed by atoms with E-state index in [1.54, 1.807) is 0 Å². The molecule has 0 fully saturated rings. The van der Waals surface area contributed by atoms with Gasteiger partial charge in [0.25, 0.3) is 6.71 Å². The summed E-state index contributed by atoms with van der Waals surface area (Å²) in [7, 11) is 0. The first-order chi connectivity index (χ1) is 36.0. The summed E-state index contributed by atoms with van der Waals surface area (Å²) >= 11 is 2.06. The van der Waals surface area contributed by atoms with E-state index in [9.17, 15) is 0 Å². The van der Waals surface area contributed by atoms with Gasteiger partial charge >= 0.3 is 0 Å². The molecule has 0 unspecified atom stereocenters. The smallest absolute Gasteiger partial charge is 0.264 e. The Morgan fingerprint density at radius 3 is 1.34 bits per heavy atom. The van der Waals surface area contributed by atoms with Gasteiger partial charge < -0.3 is 14.7 Å². The lowest BCUT2D eigenvalue weighted by Gasteiger charge is -2.47. The molecule has 0 N–H and O–H groups in total. The normalized spacial score (nSPS) is 17.8. The molecule has 1 aromatic heterocycles. The monoisotopic (exact) mass is 1030 g/mol. The van der Waals surface area contributed by atoms with E-state index in [1.807, 2.05) is 0 Å². The lowest BCUT2D eigenvalue weighted by molar-refractivity contribution is 0.332. The molecular weight excluding hydrogens is 950 g/mol. The maximum atomic E-state index is 2.71. The second kappa shape index (κ2) is 17.2. The molecule has 394 valence electrons. The Balaban J connectivity index is 1.25. The van der Waals surface area contributed by atoms with Gasteiger partial charge in [-0.05, 0) is 192 Å². The summed E-state index contributed by atoms with van der Waals surface area (Å²) in [4.78, 5) is 7.89. The molecule has 7 aromatic carbocycles. The van der Waals surface area contributed by atoms with Crippen LogP contribution in [0.1, 0.15) is 182 Å². The van der Waals surface area contributed by atoms with Crippen molar-refractivity contribution < 1.29 is 0 Å². The lowest BCUT2D eigenvalue weighted by atomic mass is 9.35. The number of rotatable bonds is 5. The van der Waals surface area contributed by atoms with Gasteiger partial charge in [-0.15, -0.1) is 11.3 Å². The number of thiophene rings is 1. The van der Waals surface area contributed by atoms with Crippen molar-refractivity contribution in [1.29, 1.82) is 0 Å². The third-order valence-electron chi connectivity index (χ3n) is 18.8. The summed E-state index contributed by atoms with van der Waals surface area (Å²) in [6, 6.07) is 55.4. The summed E-state index contributed by atoms with van der Waals surface area (Å²) in [6.07, 6.45) is 4.67. The Morgan fingerprint density at radius 1 is 0.429 bits per heavy atom. The first kappa shape index (κ1) is 51.7. The fourth-order valence-corrected chi connectivity index (χ4v) is 15.0. The Labute approximate surface area is 466 Å². The minimum atomic E-state index is -0.00733. The quantitative estimate of drug-likeness (QED) is 0.159. The molecule has 0 atom stereocenters. The van der Waals surface area contributed by atoms with Crippen molar-refractivity contribution in [3.05, 3.63) is 178 Å². The number of hydrogen-bond donors (Lipinski definition) is 0. The SMILES string of the molecule is CC(C)(C)c1ccc(N(c2ccccc2)c2cc3c4c(c2)N(c2ccc(C(C)(C)C)cc2)c2c(sc5cc6c(cc25)C(C)(C)CCC6(C)C)B4c2cc4c(cc2N3c2ccc(C(C)(C)C)cc2)C(C)(C)CCC4(C)C)cc1. The molecule has 3 nitrogen and oxygen atoms in total. The van der Waals surface area contributed by atoms with E-state index in [2.05, 4.69) is 283 Å². The van der Waals surface area contributed by atoms with Crippen molar-refractivity contribution in [3.63, 3.8) is 0 Å². The number of fused-ring (bicyclic) bond motifs is 8. The summed E-state index contributed by atoms with van der Waals surface area (Å²) in [5.41, 5.74) is 23.9. The molecule has 3 heterocycles. The van der Waals surface area contributed by atoms with E-state index in [0.717, 1.165) is 29.9 Å². The molecule has 12 rings (SSSR count). The van der Waals surface area contributed by atoms with E-state index < -0.39 is 0 Å². The van der Waals surface area contributed by atoms with E-state index in [4.69, 9.17) is 0 Å². The van der Waals surface area contributed by atoms with Gasteiger partial charge in [0, 0.05) is 54.7 Å². The van der Waals surface area contributed by atoms with Crippen molar-refractivity contribution >= 4 is 95.0 Å². The van der Waals surface area contributed by atoms with Gasteiger partial charge in [-0.25, -0.2) is 0 Å². The molecule has 0 saturated carbocycles. The average Bonchev–Trinajstić information content (AvgIpc) is 4.04. The zero-order chi connectivity index (χ0) is 54.7. The first-order valence-corrected chi connectivity index (χ1v) is 29.6. The van der Waals surface area contributed by atoms with Crippen LogP contribution in [-0.4, -0.2) is 6.71 Å². The summed E-state index contributed by atoms with van der Waals surface area (Å²) in [5.74, 6) is 0. The van der Waals surface area contributed by atoms with Crippen LogP contribution in [0.15, 0.2) is 140 Å². The maximum absolute atomic E-state index is 2.71. The maximum Gasteiger partial charge on any atom is 0.264 e. The summed E-state index contributed by atoms with van der Waals surface area (Å²) < 4.78 is 2.82. The fraction of sp³-hybridized carbons (Fsp3) is 0.389. The molecule has 4 aliphatic rings. The van der Waals surface area contributed by atoms with Crippen LogP contribution in [-0.2, 0) is 37.9 Å². The van der Waals surface area contributed by atoms with E-state index in [-0.39, 0.29) is 44.6 Å². The zero-order valence-corrected chi connectivity index (χ0v) is 50.3. The molecular formula is C72H82BN3S. The van der Waals surface area contributed by atoms with E-state index >= 15 is 0 Å². The predicted octanol–water partition coefficient (Wildman–Crippen LogP) is 19.0. The number of para-hydroxylation sites is 1. The van der Waals surface area contributed by atoms with Crippen LogP contribution in [0.5, 0.6) is 0 Å². The highest BCUT2D eigenvalue weighted by Crippen LogP contribution is 2.55. The number of nitrogens with zero attached hydrogens (tertiary/aromatic N) is 3. The van der Waals surface area contributed by atoms with Crippen LogP contribution in [0.25, 0.3) is 10.1 Å². The van der Waals surface area contributed by atoms with Crippen molar-refractivity contribution in [3.8, 4) is 0 Å². The molecule has 0 radical (unpaired) electrons. The van der Waals surface area contributed by atoms with Crippen molar-refractivity contribution in [2.24, 2.45) is 0 Å². The second-order valence-electron chi connectivity index (χ2n) is 29.3. The van der Waals surface area contributed by atoms with Gasteiger partial charge in [-0.3, -0.25) is 0 Å². The third kappa shape index (κ3) is 8.42. The Hall–Kier alpha value is -6.04. The highest BCUT2D eigenvalue weighted by atomic mass is 32.1. The van der Waals surface area contributed by atoms with Gasteiger partial charge in [0.2, 0.25) is 0 Å². The average molecular weight is 1030 g/mol. The molecule has 0 bridgehead atoms. The van der Waals surface area contributed by atoms with Crippen LogP contribution < -0.4 is 30.4 Å². The van der Waals surface area contributed by atoms with Crippen LogP contribution in [0, 0.1) is 0 Å². The summed E-state index contributed by atoms with van der Waals surface area (Å²) in [5, 5.41) is 1.37. The minimum absolute atomic E-state index is 0.00733. The van der Waals surface area contributed by atoms with Gasteiger partial charge in [0.1, 0.15) is 0 Å². The molecule has 0 spiro atoms. The molecule has 0 saturated heterocycles. The van der Waals surface area contributed by atoms with Crippen LogP contribution in [0.4, 0.5) is 51.2 Å². The standard InChI is InChI=1S/C72H82BN3S/c1-66(2,3)45-23-29-49(30-24-45)74(48-21-19-18-20-22-48)52-39-60-63-61(40-52)76(51-33-27-47(28-34-51)68(7,8)9)64-53-41-54-57(72(16,17)38-35-69(54,10)11)44-62(53)77-65(64)73(63)58-42-55-56(71(14,15)37-36-70(55,12)13)43-59(58)75(60)50-31-25-46(26-32-50)67(4,5)6/h18-34,39-44H,35-38H2,1-17H3. The topological polar surface area (TPSA) is 9.72 Å². The Morgan fingerprint density at radius 2 is 0.844 bits per heavy atom. The zero-order valence-electron chi connectivity index (χ0n) is 49.4. The Kier molecular flexibility index (Phi) is 11.6. The highest BCUT2D eigenvalue weighted by molar-refractivity contribution is 7.33. The largest absolute Gasteiger partial charge is 0.311 e. The van der Waals surface area contributed by atoms with Crippen molar-refractivity contribution in [2.45, 2.75) is 181 Å². The molecule has 2 aliphatic heterocycles. The molecule has 8 aromatic rings. The Bertz CT molecular complexity index is 3630. The first-order valence-electron chi connectivity index (χ1n) is 28.8. The minimum Gasteiger partial charge on any atom is -0.311 e. The van der Waals surface area contributed by atoms with Crippen LogP contribution in [0.3, 0.4) is 0 Å². The lowest BCUT2D eigenvalue weighted by Crippen LogP contribution is -2.61. The molecule has 2 aliphatic carbocycles. The molecule has 5 heteroatoms. The van der Waals surface area contributed by atoms with Crippen LogP contribution >= 0.6 is 11.3 Å². The number of hydrogen-bond acceptors (Lipinski definition) is 4. The van der Waals surface area contributed by atoms with Crippen molar-refractivity contribution in [2.75, 3.05) is 14.7 Å². The number of anilines is 9. The second-order valence-corrected chi connectivity index (χ2v) is 30.3. The van der Waals surface area contributed by atoms with Crippen LogP contribution in [0.2, 0.25) is 0 Å². The fourth-order valence-electron chi connectivity index (χ4n) is 13.6. The highest BCUT2D eigenvalue weighted by Gasteiger charge is 2.49. The molecule has 0 amide bonds. The predicted molar refractivity (Wildman–Crippen MR) is 337 cm³/mol. The van der Waals surface area contributed by atoms with Gasteiger partial charge in [-0.2, -0.15) is 0 Å².